The largest absolute Gasteiger partial charge is 0.382 e. The molecule has 2 heteroatoms. The number of hydrogen-bond acceptors (Lipinski definition) is 2. The topological polar surface area (TPSA) is 22.1 Å². The summed E-state index contributed by atoms with van der Waals surface area (Å²) in [4.78, 5) is 4.16. The Morgan fingerprint density at radius 2 is 1.41 bits per heavy atom. The Morgan fingerprint density at radius 3 is 1.95 bits per heavy atom. The summed E-state index contributed by atoms with van der Waals surface area (Å²) in [5, 5.41) is 0. The Morgan fingerprint density at radius 1 is 0.818 bits per heavy atom. The molecule has 0 saturated carbocycles. The number of pyridine rings is 1. The summed E-state index contributed by atoms with van der Waals surface area (Å²) >= 11 is 0. The third-order valence-corrected chi connectivity index (χ3v) is 4.18. The summed E-state index contributed by atoms with van der Waals surface area (Å²) in [5.74, 6) is 0. The van der Waals surface area contributed by atoms with Crippen molar-refractivity contribution in [2.75, 3.05) is 13.2 Å². The van der Waals surface area contributed by atoms with Crippen molar-refractivity contribution in [3.8, 4) is 0 Å². The summed E-state index contributed by atoms with van der Waals surface area (Å²) in [6, 6.07) is 4.22. The number of rotatable bonds is 15. The zero-order valence-corrected chi connectivity index (χ0v) is 14.6. The van der Waals surface area contributed by atoms with Gasteiger partial charge in [-0.3, -0.25) is 4.98 Å². The van der Waals surface area contributed by atoms with Crippen LogP contribution < -0.4 is 0 Å². The van der Waals surface area contributed by atoms with Crippen LogP contribution in [0.25, 0.3) is 0 Å². The lowest BCUT2D eigenvalue weighted by atomic mass is 10.0. The van der Waals surface area contributed by atoms with Crippen LogP contribution in [0.4, 0.5) is 0 Å². The van der Waals surface area contributed by atoms with Crippen LogP contribution in [0.2, 0.25) is 0 Å². The Balaban J connectivity index is 1.73. The smallest absolute Gasteiger partial charge is 0.0465 e. The summed E-state index contributed by atoms with van der Waals surface area (Å²) in [5.41, 5.74) is 1.38. The highest BCUT2D eigenvalue weighted by atomic mass is 16.5. The lowest BCUT2D eigenvalue weighted by Gasteiger charge is -2.04. The first-order chi connectivity index (χ1) is 10.9. The molecule has 126 valence electrons. The van der Waals surface area contributed by atoms with Crippen molar-refractivity contribution in [1.29, 1.82) is 0 Å². The SMILES string of the molecule is CCOCCCCCCCCCCCCCc1cccnc1. The van der Waals surface area contributed by atoms with E-state index in [1.807, 2.05) is 18.5 Å². The summed E-state index contributed by atoms with van der Waals surface area (Å²) < 4.78 is 5.35. The van der Waals surface area contributed by atoms with Gasteiger partial charge in [0.2, 0.25) is 0 Å². The Kier molecular flexibility index (Phi) is 13.1. The van der Waals surface area contributed by atoms with Crippen LogP contribution in [0.5, 0.6) is 0 Å². The van der Waals surface area contributed by atoms with Crippen molar-refractivity contribution in [2.24, 2.45) is 0 Å². The van der Waals surface area contributed by atoms with E-state index in [0.717, 1.165) is 13.2 Å². The minimum Gasteiger partial charge on any atom is -0.382 e. The number of hydrogen-bond donors (Lipinski definition) is 0. The van der Waals surface area contributed by atoms with Crippen LogP contribution in [0.15, 0.2) is 24.5 Å². The molecule has 0 spiro atoms. The molecule has 1 aromatic heterocycles. The van der Waals surface area contributed by atoms with E-state index in [1.54, 1.807) is 0 Å². The van der Waals surface area contributed by atoms with E-state index in [1.165, 1.54) is 82.6 Å². The first-order valence-electron chi connectivity index (χ1n) is 9.40. The van der Waals surface area contributed by atoms with Crippen LogP contribution in [0, 0.1) is 0 Å². The van der Waals surface area contributed by atoms with E-state index in [2.05, 4.69) is 18.0 Å². The van der Waals surface area contributed by atoms with Gasteiger partial charge in [0.25, 0.3) is 0 Å². The quantitative estimate of drug-likeness (QED) is 0.373. The van der Waals surface area contributed by atoms with Crippen molar-refractivity contribution in [3.05, 3.63) is 30.1 Å². The molecular formula is C20H35NO. The molecule has 0 saturated heterocycles. The maximum Gasteiger partial charge on any atom is 0.0465 e. The van der Waals surface area contributed by atoms with Crippen molar-refractivity contribution >= 4 is 0 Å². The van der Waals surface area contributed by atoms with Gasteiger partial charge in [0.15, 0.2) is 0 Å². The van der Waals surface area contributed by atoms with Gasteiger partial charge in [-0.2, -0.15) is 0 Å². The van der Waals surface area contributed by atoms with E-state index in [9.17, 15) is 0 Å². The van der Waals surface area contributed by atoms with Gasteiger partial charge in [0.05, 0.1) is 0 Å². The molecule has 0 aromatic carbocycles. The minimum atomic E-state index is 0.863. The van der Waals surface area contributed by atoms with Gasteiger partial charge in [-0.05, 0) is 37.8 Å². The number of unbranched alkanes of at least 4 members (excludes halogenated alkanes) is 10. The first-order valence-corrected chi connectivity index (χ1v) is 9.40. The number of nitrogens with zero attached hydrogens (tertiary/aromatic N) is 1. The highest BCUT2D eigenvalue weighted by Gasteiger charge is 1.95. The fraction of sp³-hybridized carbons (Fsp3) is 0.750. The molecule has 0 unspecified atom stereocenters. The van der Waals surface area contributed by atoms with Crippen LogP contribution in [-0.4, -0.2) is 18.2 Å². The molecule has 0 aliphatic heterocycles. The summed E-state index contributed by atoms with van der Waals surface area (Å²) in [7, 11) is 0. The van der Waals surface area contributed by atoms with Crippen LogP contribution in [-0.2, 0) is 11.2 Å². The fourth-order valence-electron chi connectivity index (χ4n) is 2.81. The van der Waals surface area contributed by atoms with Gasteiger partial charge < -0.3 is 4.74 Å². The van der Waals surface area contributed by atoms with E-state index in [0.29, 0.717) is 0 Å². The molecule has 0 atom stereocenters. The van der Waals surface area contributed by atoms with Gasteiger partial charge >= 0.3 is 0 Å². The van der Waals surface area contributed by atoms with Gasteiger partial charge in [0.1, 0.15) is 0 Å². The van der Waals surface area contributed by atoms with Gasteiger partial charge in [0, 0.05) is 25.6 Å². The molecule has 1 heterocycles. The van der Waals surface area contributed by atoms with E-state index < -0.39 is 0 Å². The Bertz CT molecular complexity index is 326. The molecule has 0 aliphatic rings. The average molecular weight is 306 g/mol. The molecule has 0 radical (unpaired) electrons. The van der Waals surface area contributed by atoms with E-state index >= 15 is 0 Å². The zero-order valence-electron chi connectivity index (χ0n) is 14.6. The molecule has 0 amide bonds. The second kappa shape index (κ2) is 15.0. The van der Waals surface area contributed by atoms with Gasteiger partial charge in [-0.15, -0.1) is 0 Å². The summed E-state index contributed by atoms with van der Waals surface area (Å²) in [6.07, 6.45) is 20.2. The van der Waals surface area contributed by atoms with Crippen LogP contribution >= 0.6 is 0 Å². The molecule has 22 heavy (non-hydrogen) atoms. The van der Waals surface area contributed by atoms with Crippen LogP contribution in [0.3, 0.4) is 0 Å². The second-order valence-electron chi connectivity index (χ2n) is 6.20. The van der Waals surface area contributed by atoms with Crippen LogP contribution in [0.1, 0.15) is 83.1 Å². The lowest BCUT2D eigenvalue weighted by Crippen LogP contribution is -1.92. The maximum atomic E-state index is 5.35. The number of aryl methyl sites for hydroxylation is 1. The molecular weight excluding hydrogens is 270 g/mol. The summed E-state index contributed by atoms with van der Waals surface area (Å²) in [6.45, 7) is 3.89. The molecule has 0 bridgehead atoms. The van der Waals surface area contributed by atoms with Crippen molar-refractivity contribution < 1.29 is 4.74 Å². The number of ether oxygens (including phenoxy) is 1. The zero-order chi connectivity index (χ0) is 15.7. The molecule has 2 nitrogen and oxygen atoms in total. The standard InChI is InChI=1S/C20H35NO/c1-2-22-18-13-11-9-7-5-3-4-6-8-10-12-15-20-16-14-17-21-19-20/h14,16-17,19H,2-13,15,18H2,1H3. The van der Waals surface area contributed by atoms with E-state index in [-0.39, 0.29) is 0 Å². The first kappa shape index (κ1) is 19.2. The molecule has 0 aliphatic carbocycles. The van der Waals surface area contributed by atoms with E-state index in [4.69, 9.17) is 4.74 Å². The monoisotopic (exact) mass is 305 g/mol. The normalized spacial score (nSPS) is 11.0. The fourth-order valence-corrected chi connectivity index (χ4v) is 2.81. The predicted molar refractivity (Wildman–Crippen MR) is 95.2 cm³/mol. The molecule has 0 N–H and O–H groups in total. The second-order valence-corrected chi connectivity index (χ2v) is 6.20. The average Bonchev–Trinajstić information content (AvgIpc) is 2.56. The third-order valence-electron chi connectivity index (χ3n) is 4.18. The highest BCUT2D eigenvalue weighted by molar-refractivity contribution is 5.08. The van der Waals surface area contributed by atoms with Crippen molar-refractivity contribution in [3.63, 3.8) is 0 Å². The third kappa shape index (κ3) is 11.7. The molecule has 1 rings (SSSR count). The van der Waals surface area contributed by atoms with Crippen molar-refractivity contribution in [2.45, 2.75) is 84.0 Å². The lowest BCUT2D eigenvalue weighted by molar-refractivity contribution is 0.143. The Hall–Kier alpha value is -0.890. The Labute approximate surface area is 137 Å². The van der Waals surface area contributed by atoms with Gasteiger partial charge in [-0.1, -0.05) is 63.9 Å². The predicted octanol–water partition coefficient (Wildman–Crippen LogP) is 5.95. The number of aromatic nitrogens is 1. The maximum absolute atomic E-state index is 5.35. The van der Waals surface area contributed by atoms with Crippen molar-refractivity contribution in [1.82, 2.24) is 4.98 Å². The molecule has 1 aromatic rings. The highest BCUT2D eigenvalue weighted by Crippen LogP contribution is 2.12. The minimum absolute atomic E-state index is 0.863. The van der Waals surface area contributed by atoms with Gasteiger partial charge in [-0.25, -0.2) is 0 Å². The molecule has 0 fully saturated rings.